The van der Waals surface area contributed by atoms with Crippen molar-refractivity contribution in [2.45, 2.75) is 69.6 Å². The topological polar surface area (TPSA) is 172 Å². The van der Waals surface area contributed by atoms with E-state index in [0.29, 0.717) is 60.1 Å². The molecule has 1 unspecified atom stereocenters. The second-order valence-corrected chi connectivity index (χ2v) is 18.0. The molecule has 17 heteroatoms. The number of aromatic amines is 1. The fourth-order valence-corrected chi connectivity index (χ4v) is 10.2. The van der Waals surface area contributed by atoms with Crippen molar-refractivity contribution < 1.29 is 37.5 Å². The Hall–Kier alpha value is -6.56. The first-order valence-corrected chi connectivity index (χ1v) is 22.8. The van der Waals surface area contributed by atoms with E-state index < -0.39 is 41.3 Å². The number of hydrogen-bond acceptors (Lipinski definition) is 11. The predicted octanol–water partition coefficient (Wildman–Crippen LogP) is 5.46. The van der Waals surface area contributed by atoms with E-state index in [4.69, 9.17) is 4.74 Å². The third-order valence-corrected chi connectivity index (χ3v) is 13.7. The first-order chi connectivity index (χ1) is 32.0. The third kappa shape index (κ3) is 9.02. The molecule has 1 atom stereocenters. The number of carbonyl (C=O) groups is 5. The molecule has 4 fully saturated rings. The maximum atomic E-state index is 14.1. The number of amides is 5. The van der Waals surface area contributed by atoms with E-state index in [9.17, 15) is 32.8 Å². The zero-order valence-corrected chi connectivity index (χ0v) is 36.4. The van der Waals surface area contributed by atoms with Gasteiger partial charge in [0.05, 0.1) is 22.2 Å². The van der Waals surface area contributed by atoms with E-state index in [1.807, 2.05) is 36.4 Å². The van der Waals surface area contributed by atoms with Gasteiger partial charge in [-0.2, -0.15) is 5.10 Å². The molecule has 5 aromatic rings. The van der Waals surface area contributed by atoms with Crippen molar-refractivity contribution >= 4 is 57.6 Å². The van der Waals surface area contributed by atoms with Crippen molar-refractivity contribution in [2.75, 3.05) is 68.0 Å². The number of carbonyl (C=O) groups excluding carboxylic acids is 5. The number of rotatable bonds is 11. The Morgan fingerprint density at radius 2 is 1.50 bits per heavy atom. The zero-order valence-electron chi connectivity index (χ0n) is 36.4. The number of likely N-dealkylation sites (tertiary alicyclic amines) is 1. The number of nitrogens with one attached hydrogen (secondary N) is 4. The van der Waals surface area contributed by atoms with Crippen LogP contribution in [0.3, 0.4) is 0 Å². The largest absolute Gasteiger partial charge is 0.381 e. The minimum atomic E-state index is -0.986. The Bertz CT molecular complexity index is 2700. The average molecular weight is 900 g/mol. The molecular weight excluding hydrogens is 849 g/mol. The third-order valence-electron chi connectivity index (χ3n) is 13.7. The maximum Gasteiger partial charge on any atom is 0.262 e. The highest BCUT2D eigenvalue weighted by Crippen LogP contribution is 2.32. The molecule has 10 rings (SSSR count). The van der Waals surface area contributed by atoms with Gasteiger partial charge in [0.2, 0.25) is 11.8 Å². The fraction of sp³-hybridized carbons (Fsp3) is 0.388. The van der Waals surface area contributed by atoms with Crippen LogP contribution in [0.4, 0.5) is 26.0 Å². The summed E-state index contributed by atoms with van der Waals surface area (Å²) in [6.07, 6.45) is 4.18. The van der Waals surface area contributed by atoms with Crippen LogP contribution in [0.1, 0.15) is 86.3 Å². The monoisotopic (exact) mass is 899 g/mol. The lowest BCUT2D eigenvalue weighted by Gasteiger charge is -2.43. The number of piperazine rings is 1. The smallest absolute Gasteiger partial charge is 0.262 e. The molecule has 0 aliphatic carbocycles. The number of nitrogens with zero attached hydrogens (tertiary/aromatic N) is 5. The Kier molecular flexibility index (Phi) is 12.1. The molecular formula is C49H51F2N9O6. The van der Waals surface area contributed by atoms with Crippen molar-refractivity contribution in [3.05, 3.63) is 118 Å². The van der Waals surface area contributed by atoms with Gasteiger partial charge in [-0.3, -0.25) is 49.1 Å². The first kappa shape index (κ1) is 43.3. The summed E-state index contributed by atoms with van der Waals surface area (Å²) in [5.74, 6) is -3.22. The van der Waals surface area contributed by atoms with Crippen LogP contribution >= 0.6 is 0 Å². The van der Waals surface area contributed by atoms with Gasteiger partial charge in [0, 0.05) is 87.3 Å². The van der Waals surface area contributed by atoms with Crippen LogP contribution in [-0.4, -0.2) is 125 Å². The Balaban J connectivity index is 0.758. The van der Waals surface area contributed by atoms with E-state index in [1.54, 1.807) is 12.1 Å². The van der Waals surface area contributed by atoms with Crippen molar-refractivity contribution in [1.29, 1.82) is 0 Å². The maximum absolute atomic E-state index is 14.1. The molecule has 4 N–H and O–H groups in total. The van der Waals surface area contributed by atoms with Crippen LogP contribution in [0.2, 0.25) is 0 Å². The quantitative estimate of drug-likeness (QED) is 0.124. The van der Waals surface area contributed by atoms with Crippen molar-refractivity contribution in [2.24, 2.45) is 0 Å². The lowest BCUT2D eigenvalue weighted by molar-refractivity contribution is -0.136. The molecule has 6 heterocycles. The number of piperidine rings is 2. The van der Waals surface area contributed by atoms with Crippen molar-refractivity contribution in [1.82, 2.24) is 30.2 Å². The van der Waals surface area contributed by atoms with Gasteiger partial charge >= 0.3 is 0 Å². The predicted molar refractivity (Wildman–Crippen MR) is 242 cm³/mol. The molecule has 5 amide bonds. The summed E-state index contributed by atoms with van der Waals surface area (Å²) in [4.78, 5) is 73.1. The van der Waals surface area contributed by atoms with E-state index in [1.165, 1.54) is 12.1 Å². The van der Waals surface area contributed by atoms with Gasteiger partial charge in [-0.15, -0.1) is 0 Å². The number of fused-ring (bicyclic) bond motifs is 2. The van der Waals surface area contributed by atoms with Gasteiger partial charge in [-0.05, 0) is 123 Å². The fourth-order valence-electron chi connectivity index (χ4n) is 10.2. The molecule has 5 aliphatic rings. The van der Waals surface area contributed by atoms with Crippen LogP contribution in [0.15, 0.2) is 72.8 Å². The summed E-state index contributed by atoms with van der Waals surface area (Å²) in [6, 6.07) is 20.0. The second-order valence-electron chi connectivity index (χ2n) is 18.0. The standard InChI is InChI=1S/C49H51F2N9O6/c50-32-22-31(23-33(51)26-32)21-29-2-6-41-40(24-29)45(56-55-41)54-46(62)38-5-3-36(27-42(38)52-34-11-19-66-20-12-34)59-17-15-58(16-18-59)35-9-13-57(14-10-35)28-30-1-4-37-39(25-30)49(65)60(48(37)64)43-7-8-44(61)53-47(43)63/h1-6,22-27,34-35,43,52H,7-21,28H2,(H,53,61,63)(H2,54,55,56,62). The van der Waals surface area contributed by atoms with Gasteiger partial charge in [-0.1, -0.05) is 12.1 Å². The number of anilines is 3. The number of benzene rings is 4. The van der Waals surface area contributed by atoms with Gasteiger partial charge in [0.25, 0.3) is 17.7 Å². The molecule has 5 aliphatic heterocycles. The number of ether oxygens (including phenoxy) is 1. The lowest BCUT2D eigenvalue weighted by atomic mass is 10.0. The Morgan fingerprint density at radius 1 is 0.758 bits per heavy atom. The highest BCUT2D eigenvalue weighted by molar-refractivity contribution is 6.23. The molecule has 1 aromatic heterocycles. The number of halogens is 2. The van der Waals surface area contributed by atoms with Gasteiger partial charge in [0.15, 0.2) is 5.82 Å². The van der Waals surface area contributed by atoms with Gasteiger partial charge in [-0.25, -0.2) is 8.78 Å². The first-order valence-electron chi connectivity index (χ1n) is 22.8. The van der Waals surface area contributed by atoms with Crippen molar-refractivity contribution in [3.63, 3.8) is 0 Å². The number of imide groups is 2. The van der Waals surface area contributed by atoms with E-state index in [-0.39, 0.29) is 30.4 Å². The molecule has 0 radical (unpaired) electrons. The van der Waals surface area contributed by atoms with E-state index >= 15 is 0 Å². The normalized spacial score (nSPS) is 20.2. The molecule has 66 heavy (non-hydrogen) atoms. The minimum absolute atomic E-state index is 0.0808. The highest BCUT2D eigenvalue weighted by atomic mass is 19.1. The Labute approximate surface area is 379 Å². The van der Waals surface area contributed by atoms with Crippen LogP contribution in [0, 0.1) is 11.6 Å². The summed E-state index contributed by atoms with van der Waals surface area (Å²) >= 11 is 0. The van der Waals surface area contributed by atoms with Crippen molar-refractivity contribution in [3.8, 4) is 0 Å². The summed E-state index contributed by atoms with van der Waals surface area (Å²) in [5.41, 5.74) is 5.83. The minimum Gasteiger partial charge on any atom is -0.381 e. The van der Waals surface area contributed by atoms with Gasteiger partial charge < -0.3 is 20.3 Å². The molecule has 0 spiro atoms. The summed E-state index contributed by atoms with van der Waals surface area (Å²) in [6.45, 7) is 7.22. The number of hydrogen-bond donors (Lipinski definition) is 4. The SMILES string of the molecule is O=C1CCC(N2C(=O)c3ccc(CN4CCC(N5CCN(c6ccc(C(=O)Nc7n[nH]c8ccc(Cc9cc(F)cc(F)c9)cc78)c(NC7CCOCC7)c6)CC5)CC4)cc3C2=O)C(=O)N1. The molecule has 4 saturated heterocycles. The molecule has 15 nitrogen and oxygen atoms in total. The second kappa shape index (κ2) is 18.4. The number of aromatic nitrogens is 2. The Morgan fingerprint density at radius 3 is 2.26 bits per heavy atom. The van der Waals surface area contributed by atoms with Crippen LogP contribution in [0.25, 0.3) is 10.9 Å². The summed E-state index contributed by atoms with van der Waals surface area (Å²) in [5, 5.41) is 17.0. The summed E-state index contributed by atoms with van der Waals surface area (Å²) < 4.78 is 33.4. The van der Waals surface area contributed by atoms with Gasteiger partial charge in [0.1, 0.15) is 17.7 Å². The summed E-state index contributed by atoms with van der Waals surface area (Å²) in [7, 11) is 0. The van der Waals surface area contributed by atoms with Crippen LogP contribution in [0.5, 0.6) is 0 Å². The average Bonchev–Trinajstić information content (AvgIpc) is 3.82. The molecule has 0 saturated carbocycles. The molecule has 4 aromatic carbocycles. The molecule has 342 valence electrons. The number of H-pyrrole nitrogens is 1. The van der Waals surface area contributed by atoms with Crippen LogP contribution in [-0.2, 0) is 27.3 Å². The van der Waals surface area contributed by atoms with Crippen LogP contribution < -0.4 is 20.9 Å². The van der Waals surface area contributed by atoms with E-state index in [2.05, 4.69) is 46.9 Å². The van der Waals surface area contributed by atoms with E-state index in [0.717, 1.165) is 104 Å². The highest BCUT2D eigenvalue weighted by Gasteiger charge is 2.44. The zero-order chi connectivity index (χ0) is 45.5. The molecule has 0 bridgehead atoms. The lowest BCUT2D eigenvalue weighted by Crippen LogP contribution is -2.54.